The molecule has 0 radical (unpaired) electrons. The third kappa shape index (κ3) is 4.73. The molecule has 2 rings (SSSR count). The molecular weight excluding hydrogens is 322 g/mol. The van der Waals surface area contributed by atoms with Gasteiger partial charge < -0.3 is 19.5 Å². The second-order valence-electron chi connectivity index (χ2n) is 5.47. The molecule has 0 heterocycles. The Kier molecular flexibility index (Phi) is 6.00. The van der Waals surface area contributed by atoms with Gasteiger partial charge in [0.2, 0.25) is 0 Å². The van der Waals surface area contributed by atoms with E-state index in [0.717, 1.165) is 5.56 Å². The van der Waals surface area contributed by atoms with Crippen LogP contribution < -0.4 is 14.8 Å². The van der Waals surface area contributed by atoms with Crippen LogP contribution in [0.1, 0.15) is 22.8 Å². The van der Waals surface area contributed by atoms with Crippen LogP contribution in [0.25, 0.3) is 0 Å². The highest BCUT2D eigenvalue weighted by atomic mass is 16.5. The van der Waals surface area contributed by atoms with Crippen LogP contribution in [-0.2, 0) is 9.53 Å². The van der Waals surface area contributed by atoms with Gasteiger partial charge in [0.25, 0.3) is 5.91 Å². The first kappa shape index (κ1) is 18.3. The maximum atomic E-state index is 12.4. The van der Waals surface area contributed by atoms with E-state index in [1.807, 2.05) is 19.1 Å². The number of ether oxygens (including phenoxy) is 3. The largest absolute Gasteiger partial charge is 0.497 e. The smallest absolute Gasteiger partial charge is 0.342 e. The number of nitrogens with one attached hydrogen (secondary N) is 1. The van der Waals surface area contributed by atoms with E-state index in [0.29, 0.717) is 17.2 Å². The first-order chi connectivity index (χ1) is 11.9. The monoisotopic (exact) mass is 343 g/mol. The number of hydrogen-bond acceptors (Lipinski definition) is 5. The van der Waals surface area contributed by atoms with Gasteiger partial charge in [-0.15, -0.1) is 0 Å². The molecule has 1 amide bonds. The third-order valence-corrected chi connectivity index (χ3v) is 3.60. The summed E-state index contributed by atoms with van der Waals surface area (Å²) < 4.78 is 15.5. The quantitative estimate of drug-likeness (QED) is 0.816. The van der Waals surface area contributed by atoms with Gasteiger partial charge in [0.15, 0.2) is 6.10 Å². The van der Waals surface area contributed by atoms with E-state index in [1.54, 1.807) is 24.3 Å². The lowest BCUT2D eigenvalue weighted by molar-refractivity contribution is -0.123. The molecule has 25 heavy (non-hydrogen) atoms. The number of aryl methyl sites for hydroxylation is 1. The van der Waals surface area contributed by atoms with Crippen LogP contribution >= 0.6 is 0 Å². The van der Waals surface area contributed by atoms with Gasteiger partial charge in [0.05, 0.1) is 14.2 Å². The van der Waals surface area contributed by atoms with E-state index in [2.05, 4.69) is 5.32 Å². The summed E-state index contributed by atoms with van der Waals surface area (Å²) in [5.41, 5.74) is 1.91. The number of benzene rings is 2. The molecule has 1 N–H and O–H groups in total. The molecule has 1 atom stereocenters. The van der Waals surface area contributed by atoms with Gasteiger partial charge >= 0.3 is 5.97 Å². The van der Waals surface area contributed by atoms with E-state index in [4.69, 9.17) is 14.2 Å². The molecule has 0 aliphatic carbocycles. The maximum Gasteiger partial charge on any atom is 0.342 e. The number of methoxy groups -OCH3 is 2. The van der Waals surface area contributed by atoms with Crippen molar-refractivity contribution in [1.29, 1.82) is 0 Å². The fourth-order valence-corrected chi connectivity index (χ4v) is 2.13. The van der Waals surface area contributed by atoms with E-state index in [-0.39, 0.29) is 5.56 Å². The lowest BCUT2D eigenvalue weighted by Crippen LogP contribution is -2.30. The van der Waals surface area contributed by atoms with Crippen molar-refractivity contribution >= 4 is 17.6 Å². The summed E-state index contributed by atoms with van der Waals surface area (Å²) >= 11 is 0. The molecule has 0 saturated heterocycles. The Balaban J connectivity index is 2.06. The van der Waals surface area contributed by atoms with Crippen molar-refractivity contribution in [2.45, 2.75) is 20.0 Å². The summed E-state index contributed by atoms with van der Waals surface area (Å²) in [7, 11) is 2.95. The van der Waals surface area contributed by atoms with Gasteiger partial charge in [-0.3, -0.25) is 4.79 Å². The van der Waals surface area contributed by atoms with E-state index >= 15 is 0 Å². The summed E-state index contributed by atoms with van der Waals surface area (Å²) in [4.78, 5) is 24.6. The number of amides is 1. The Morgan fingerprint density at radius 2 is 1.68 bits per heavy atom. The topological polar surface area (TPSA) is 73.9 Å². The first-order valence-electron chi connectivity index (χ1n) is 7.75. The SMILES string of the molecule is COc1ccc(OC)c(C(=O)O[C@H](C)C(=O)Nc2ccc(C)cc2)c1. The lowest BCUT2D eigenvalue weighted by atomic mass is 10.2. The molecule has 0 unspecified atom stereocenters. The third-order valence-electron chi connectivity index (χ3n) is 3.60. The molecule has 0 aromatic heterocycles. The van der Waals surface area contributed by atoms with Crippen LogP contribution in [0.2, 0.25) is 0 Å². The van der Waals surface area contributed by atoms with Crippen molar-refractivity contribution in [1.82, 2.24) is 0 Å². The molecular formula is C19H21NO5. The summed E-state index contributed by atoms with van der Waals surface area (Å²) in [5.74, 6) is -0.247. The van der Waals surface area contributed by atoms with Crippen LogP contribution in [-0.4, -0.2) is 32.2 Å². The van der Waals surface area contributed by atoms with Crippen molar-refractivity contribution < 1.29 is 23.8 Å². The highest BCUT2D eigenvalue weighted by Gasteiger charge is 2.22. The van der Waals surface area contributed by atoms with Gasteiger partial charge in [-0.25, -0.2) is 4.79 Å². The average molecular weight is 343 g/mol. The second kappa shape index (κ2) is 8.19. The van der Waals surface area contributed by atoms with Gasteiger partial charge in [0, 0.05) is 5.69 Å². The van der Waals surface area contributed by atoms with Crippen molar-refractivity contribution in [2.24, 2.45) is 0 Å². The predicted octanol–water partition coefficient (Wildman–Crippen LogP) is 3.20. The maximum absolute atomic E-state index is 12.4. The zero-order chi connectivity index (χ0) is 18.4. The number of carbonyl (C=O) groups excluding carboxylic acids is 2. The number of carbonyl (C=O) groups is 2. The molecule has 0 spiro atoms. The summed E-state index contributed by atoms with van der Waals surface area (Å²) in [6.45, 7) is 3.46. The average Bonchev–Trinajstić information content (AvgIpc) is 2.62. The van der Waals surface area contributed by atoms with E-state index in [9.17, 15) is 9.59 Å². The molecule has 6 heteroatoms. The van der Waals surface area contributed by atoms with Crippen molar-refractivity contribution in [3.05, 3.63) is 53.6 Å². The van der Waals surface area contributed by atoms with Crippen LogP contribution in [0.4, 0.5) is 5.69 Å². The molecule has 0 saturated carbocycles. The normalized spacial score (nSPS) is 11.4. The van der Waals surface area contributed by atoms with Gasteiger partial charge in [-0.1, -0.05) is 17.7 Å². The Bertz CT molecular complexity index is 755. The van der Waals surface area contributed by atoms with Crippen molar-refractivity contribution in [2.75, 3.05) is 19.5 Å². The fraction of sp³-hybridized carbons (Fsp3) is 0.263. The molecule has 2 aromatic rings. The van der Waals surface area contributed by atoms with Crippen LogP contribution in [0.15, 0.2) is 42.5 Å². The van der Waals surface area contributed by atoms with Crippen LogP contribution in [0.5, 0.6) is 11.5 Å². The number of rotatable bonds is 6. The zero-order valence-electron chi connectivity index (χ0n) is 14.7. The standard InChI is InChI=1S/C19H21NO5/c1-12-5-7-14(8-6-12)20-18(21)13(2)25-19(22)16-11-15(23-3)9-10-17(16)24-4/h5-11,13H,1-4H3,(H,20,21)/t13-/m1/s1. The summed E-state index contributed by atoms with van der Waals surface area (Å²) in [6, 6.07) is 12.1. The first-order valence-corrected chi connectivity index (χ1v) is 7.75. The summed E-state index contributed by atoms with van der Waals surface area (Å²) in [6.07, 6.45) is -0.968. The molecule has 6 nitrogen and oxygen atoms in total. The Morgan fingerprint density at radius 1 is 1.00 bits per heavy atom. The van der Waals surface area contributed by atoms with Gasteiger partial charge in [0.1, 0.15) is 17.1 Å². The molecule has 0 bridgehead atoms. The molecule has 0 fully saturated rings. The molecule has 0 aliphatic rings. The Hall–Kier alpha value is -3.02. The van der Waals surface area contributed by atoms with E-state index < -0.39 is 18.0 Å². The zero-order valence-corrected chi connectivity index (χ0v) is 14.7. The Labute approximate surface area is 146 Å². The van der Waals surface area contributed by atoms with Gasteiger partial charge in [-0.05, 0) is 44.2 Å². The number of anilines is 1. The minimum atomic E-state index is -0.968. The number of esters is 1. The summed E-state index contributed by atoms with van der Waals surface area (Å²) in [5, 5.41) is 2.70. The molecule has 132 valence electrons. The minimum Gasteiger partial charge on any atom is -0.497 e. The Morgan fingerprint density at radius 3 is 2.28 bits per heavy atom. The second-order valence-corrected chi connectivity index (χ2v) is 5.47. The molecule has 2 aromatic carbocycles. The minimum absolute atomic E-state index is 0.192. The van der Waals surface area contributed by atoms with Crippen molar-refractivity contribution in [3.8, 4) is 11.5 Å². The highest BCUT2D eigenvalue weighted by molar-refractivity contribution is 5.98. The fourth-order valence-electron chi connectivity index (χ4n) is 2.13. The highest BCUT2D eigenvalue weighted by Crippen LogP contribution is 2.25. The van der Waals surface area contributed by atoms with Crippen LogP contribution in [0, 0.1) is 6.92 Å². The van der Waals surface area contributed by atoms with Gasteiger partial charge in [-0.2, -0.15) is 0 Å². The lowest BCUT2D eigenvalue weighted by Gasteiger charge is -2.15. The molecule has 0 aliphatic heterocycles. The van der Waals surface area contributed by atoms with Crippen molar-refractivity contribution in [3.63, 3.8) is 0 Å². The number of hydrogen-bond donors (Lipinski definition) is 1. The van der Waals surface area contributed by atoms with Crippen LogP contribution in [0.3, 0.4) is 0 Å². The van der Waals surface area contributed by atoms with E-state index in [1.165, 1.54) is 27.2 Å². The predicted molar refractivity (Wildman–Crippen MR) is 94.2 cm³/mol.